The highest BCUT2D eigenvalue weighted by atomic mass is 16.2. The number of amides is 1. The quantitative estimate of drug-likeness (QED) is 0.880. The van der Waals surface area contributed by atoms with Crippen molar-refractivity contribution in [1.29, 1.82) is 0 Å². The van der Waals surface area contributed by atoms with Crippen LogP contribution >= 0.6 is 0 Å². The summed E-state index contributed by atoms with van der Waals surface area (Å²) in [6.07, 6.45) is 5.85. The van der Waals surface area contributed by atoms with Crippen LogP contribution in [0.25, 0.3) is 0 Å². The summed E-state index contributed by atoms with van der Waals surface area (Å²) in [6, 6.07) is 5.57. The second kappa shape index (κ2) is 4.84. The van der Waals surface area contributed by atoms with Gasteiger partial charge in [-0.25, -0.2) is 0 Å². The lowest BCUT2D eigenvalue weighted by atomic mass is 10.1. The molecule has 2 heterocycles. The van der Waals surface area contributed by atoms with Gasteiger partial charge in [0, 0.05) is 24.0 Å². The summed E-state index contributed by atoms with van der Waals surface area (Å²) in [6.45, 7) is 1.93. The second-order valence-electron chi connectivity index (χ2n) is 4.96. The fourth-order valence-electron chi connectivity index (χ4n) is 2.04. The van der Waals surface area contributed by atoms with Gasteiger partial charge in [0.15, 0.2) is 0 Å². The van der Waals surface area contributed by atoms with Crippen molar-refractivity contribution in [2.45, 2.75) is 31.7 Å². The highest BCUT2D eigenvalue weighted by molar-refractivity contribution is 5.92. The molecular weight excluding hydrogens is 240 g/mol. The third-order valence-electron chi connectivity index (χ3n) is 3.38. The van der Waals surface area contributed by atoms with Crippen LogP contribution in [0.1, 0.15) is 53.5 Å². The number of pyridine rings is 1. The van der Waals surface area contributed by atoms with E-state index in [0.29, 0.717) is 11.6 Å². The summed E-state index contributed by atoms with van der Waals surface area (Å²) >= 11 is 0. The van der Waals surface area contributed by atoms with Gasteiger partial charge < -0.3 is 5.32 Å². The Labute approximate surface area is 111 Å². The maximum atomic E-state index is 12.1. The normalized spacial score (nSPS) is 16.1. The molecule has 1 aliphatic rings. The first kappa shape index (κ1) is 11.9. The molecule has 0 saturated heterocycles. The minimum absolute atomic E-state index is 0.0812. The average Bonchev–Trinajstić information content (AvgIpc) is 3.17. The number of nitrogens with zero attached hydrogens (tertiary/aromatic N) is 2. The van der Waals surface area contributed by atoms with Crippen LogP contribution in [0.4, 0.5) is 0 Å². The smallest absolute Gasteiger partial charge is 0.272 e. The number of nitrogens with one attached hydrogen (secondary N) is 2. The number of H-pyrrole nitrogens is 1. The highest BCUT2D eigenvalue weighted by Gasteiger charge is 2.26. The number of aromatic amines is 1. The van der Waals surface area contributed by atoms with Gasteiger partial charge in [0.25, 0.3) is 5.91 Å². The van der Waals surface area contributed by atoms with E-state index in [0.717, 1.165) is 11.3 Å². The van der Waals surface area contributed by atoms with Crippen molar-refractivity contribution in [3.8, 4) is 0 Å². The molecule has 0 bridgehead atoms. The Balaban J connectivity index is 1.66. The molecule has 1 saturated carbocycles. The van der Waals surface area contributed by atoms with Crippen LogP contribution in [0.15, 0.2) is 30.6 Å². The van der Waals surface area contributed by atoms with Crippen molar-refractivity contribution >= 4 is 5.91 Å². The van der Waals surface area contributed by atoms with Crippen molar-refractivity contribution in [3.05, 3.63) is 47.5 Å². The summed E-state index contributed by atoms with van der Waals surface area (Å²) in [5, 5.41) is 9.93. The number of hydrogen-bond acceptors (Lipinski definition) is 3. The molecule has 1 aliphatic carbocycles. The lowest BCUT2D eigenvalue weighted by Crippen LogP contribution is -2.27. The highest BCUT2D eigenvalue weighted by Crippen LogP contribution is 2.38. The van der Waals surface area contributed by atoms with Gasteiger partial charge >= 0.3 is 0 Å². The molecule has 3 rings (SSSR count). The molecule has 0 aliphatic heterocycles. The zero-order valence-corrected chi connectivity index (χ0v) is 10.8. The van der Waals surface area contributed by atoms with E-state index < -0.39 is 0 Å². The molecule has 2 N–H and O–H groups in total. The number of aromatic nitrogens is 3. The molecule has 0 unspecified atom stereocenters. The monoisotopic (exact) mass is 256 g/mol. The molecule has 2 aromatic rings. The van der Waals surface area contributed by atoms with Crippen LogP contribution in [0.2, 0.25) is 0 Å². The molecule has 1 fully saturated rings. The van der Waals surface area contributed by atoms with E-state index in [1.807, 2.05) is 25.1 Å². The van der Waals surface area contributed by atoms with Crippen LogP contribution < -0.4 is 5.32 Å². The fraction of sp³-hybridized carbons (Fsp3) is 0.357. The Hall–Kier alpha value is -2.17. The zero-order valence-electron chi connectivity index (χ0n) is 10.8. The van der Waals surface area contributed by atoms with Crippen molar-refractivity contribution < 1.29 is 4.79 Å². The lowest BCUT2D eigenvalue weighted by molar-refractivity contribution is 0.0935. The van der Waals surface area contributed by atoms with Crippen LogP contribution in [-0.2, 0) is 0 Å². The first-order valence-corrected chi connectivity index (χ1v) is 6.50. The molecule has 1 atom stereocenters. The summed E-state index contributed by atoms with van der Waals surface area (Å²) in [7, 11) is 0. The summed E-state index contributed by atoms with van der Waals surface area (Å²) in [4.78, 5) is 16.1. The zero-order chi connectivity index (χ0) is 13.2. The summed E-state index contributed by atoms with van der Waals surface area (Å²) < 4.78 is 0. The van der Waals surface area contributed by atoms with Gasteiger partial charge in [-0.05, 0) is 37.5 Å². The molecule has 0 aromatic carbocycles. The first-order valence-electron chi connectivity index (χ1n) is 6.50. The number of carbonyl (C=O) groups is 1. The van der Waals surface area contributed by atoms with Crippen LogP contribution in [0.3, 0.4) is 0 Å². The summed E-state index contributed by atoms with van der Waals surface area (Å²) in [5.41, 5.74) is 2.51. The maximum absolute atomic E-state index is 12.1. The fourth-order valence-corrected chi connectivity index (χ4v) is 2.04. The Morgan fingerprint density at radius 3 is 3.05 bits per heavy atom. The largest absolute Gasteiger partial charge is 0.344 e. The Morgan fingerprint density at radius 2 is 2.37 bits per heavy atom. The number of hydrogen-bond donors (Lipinski definition) is 2. The van der Waals surface area contributed by atoms with Gasteiger partial charge in [-0.2, -0.15) is 5.10 Å². The standard InChI is InChI=1S/C14H16N4O/c1-9(11-3-2-6-15-8-11)16-14(19)13-7-12(17-18-13)10-4-5-10/h2-3,6-10H,4-5H2,1H3,(H,16,19)(H,17,18)/t9-/m1/s1. The SMILES string of the molecule is C[C@@H](NC(=O)c1cc(C2CC2)[nH]n1)c1cccnc1. The molecule has 2 aromatic heterocycles. The average molecular weight is 256 g/mol. The first-order chi connectivity index (χ1) is 9.24. The summed E-state index contributed by atoms with van der Waals surface area (Å²) in [5.74, 6) is 0.421. The predicted molar refractivity (Wildman–Crippen MR) is 70.7 cm³/mol. The van der Waals surface area contributed by atoms with E-state index in [9.17, 15) is 4.79 Å². The Kier molecular flexibility index (Phi) is 3.03. The van der Waals surface area contributed by atoms with Crippen molar-refractivity contribution in [2.75, 3.05) is 0 Å². The van der Waals surface area contributed by atoms with E-state index >= 15 is 0 Å². The third-order valence-corrected chi connectivity index (χ3v) is 3.38. The maximum Gasteiger partial charge on any atom is 0.272 e. The predicted octanol–water partition coefficient (Wildman–Crippen LogP) is 2.17. The molecule has 0 spiro atoms. The van der Waals surface area contributed by atoms with Gasteiger partial charge in [0.1, 0.15) is 5.69 Å². The molecule has 98 valence electrons. The van der Waals surface area contributed by atoms with Gasteiger partial charge in [-0.1, -0.05) is 6.07 Å². The Morgan fingerprint density at radius 1 is 1.53 bits per heavy atom. The number of rotatable bonds is 4. The lowest BCUT2D eigenvalue weighted by Gasteiger charge is -2.12. The Bertz CT molecular complexity index is 574. The minimum Gasteiger partial charge on any atom is -0.344 e. The topological polar surface area (TPSA) is 70.7 Å². The van der Waals surface area contributed by atoms with E-state index in [1.165, 1.54) is 12.8 Å². The van der Waals surface area contributed by atoms with E-state index in [4.69, 9.17) is 0 Å². The van der Waals surface area contributed by atoms with Crippen LogP contribution in [-0.4, -0.2) is 21.1 Å². The van der Waals surface area contributed by atoms with E-state index in [-0.39, 0.29) is 11.9 Å². The van der Waals surface area contributed by atoms with Gasteiger partial charge in [0.2, 0.25) is 0 Å². The van der Waals surface area contributed by atoms with Crippen LogP contribution in [0.5, 0.6) is 0 Å². The van der Waals surface area contributed by atoms with Gasteiger partial charge in [-0.15, -0.1) is 0 Å². The van der Waals surface area contributed by atoms with Crippen molar-refractivity contribution in [2.24, 2.45) is 0 Å². The van der Waals surface area contributed by atoms with Crippen LogP contribution in [0, 0.1) is 0 Å². The van der Waals surface area contributed by atoms with Crippen molar-refractivity contribution in [3.63, 3.8) is 0 Å². The van der Waals surface area contributed by atoms with Gasteiger partial charge in [0.05, 0.1) is 6.04 Å². The van der Waals surface area contributed by atoms with E-state index in [2.05, 4.69) is 20.5 Å². The molecular formula is C14H16N4O. The molecule has 5 nitrogen and oxygen atoms in total. The van der Waals surface area contributed by atoms with Gasteiger partial charge in [-0.3, -0.25) is 14.9 Å². The molecule has 1 amide bonds. The van der Waals surface area contributed by atoms with E-state index in [1.54, 1.807) is 12.4 Å². The molecule has 19 heavy (non-hydrogen) atoms. The van der Waals surface area contributed by atoms with Crippen molar-refractivity contribution in [1.82, 2.24) is 20.5 Å². The minimum atomic E-state index is -0.153. The second-order valence-corrected chi connectivity index (χ2v) is 4.96. The molecule has 0 radical (unpaired) electrons. The third kappa shape index (κ3) is 2.65. The number of carbonyl (C=O) groups excluding carboxylic acids is 1. The molecule has 5 heteroatoms.